The van der Waals surface area contributed by atoms with Gasteiger partial charge in [0.1, 0.15) is 0 Å². The van der Waals surface area contributed by atoms with E-state index in [2.05, 4.69) is 36.7 Å². The summed E-state index contributed by atoms with van der Waals surface area (Å²) in [6.45, 7) is 4.96. The molecule has 1 aromatic heterocycles. The molecule has 0 spiro atoms. The summed E-state index contributed by atoms with van der Waals surface area (Å²) in [6.07, 6.45) is 1.37. The van der Waals surface area contributed by atoms with Crippen LogP contribution in [0.4, 0.5) is 0 Å². The summed E-state index contributed by atoms with van der Waals surface area (Å²) in [5, 5.41) is 5.42. The van der Waals surface area contributed by atoms with Gasteiger partial charge in [0.25, 0.3) is 0 Å². The van der Waals surface area contributed by atoms with Gasteiger partial charge in [-0.3, -0.25) is 0 Å². The van der Waals surface area contributed by atoms with E-state index in [9.17, 15) is 0 Å². The van der Waals surface area contributed by atoms with Crippen molar-refractivity contribution in [3.63, 3.8) is 0 Å². The molecule has 0 aliphatic rings. The first-order chi connectivity index (χ1) is 6.74. The SMILES string of the molecule is CNC(CCOC(C)C)c1cccs1. The smallest absolute Gasteiger partial charge is 0.0518 e. The van der Waals surface area contributed by atoms with E-state index in [1.807, 2.05) is 7.05 Å². The first-order valence-corrected chi connectivity index (χ1v) is 5.94. The summed E-state index contributed by atoms with van der Waals surface area (Å²) in [5.74, 6) is 0. The summed E-state index contributed by atoms with van der Waals surface area (Å²) in [4.78, 5) is 1.39. The molecule has 0 aliphatic carbocycles. The molecule has 1 atom stereocenters. The van der Waals surface area contributed by atoms with Crippen molar-refractivity contribution in [2.45, 2.75) is 32.4 Å². The van der Waals surface area contributed by atoms with Gasteiger partial charge in [-0.15, -0.1) is 11.3 Å². The van der Waals surface area contributed by atoms with Crippen LogP contribution in [0.2, 0.25) is 0 Å². The summed E-state index contributed by atoms with van der Waals surface area (Å²) in [6, 6.07) is 4.70. The predicted molar refractivity (Wildman–Crippen MR) is 61.8 cm³/mol. The van der Waals surface area contributed by atoms with Crippen LogP contribution in [0.1, 0.15) is 31.2 Å². The Kier molecular flexibility index (Phi) is 5.15. The van der Waals surface area contributed by atoms with Gasteiger partial charge in [0.15, 0.2) is 0 Å². The van der Waals surface area contributed by atoms with Crippen molar-refractivity contribution in [2.24, 2.45) is 0 Å². The molecule has 2 nitrogen and oxygen atoms in total. The molecule has 3 heteroatoms. The van der Waals surface area contributed by atoms with E-state index < -0.39 is 0 Å². The van der Waals surface area contributed by atoms with Crippen LogP contribution in [0, 0.1) is 0 Å². The van der Waals surface area contributed by atoms with Gasteiger partial charge in [0.05, 0.1) is 6.10 Å². The Labute approximate surface area is 90.3 Å². The quantitative estimate of drug-likeness (QED) is 0.784. The lowest BCUT2D eigenvalue weighted by Crippen LogP contribution is -2.18. The zero-order valence-corrected chi connectivity index (χ0v) is 9.93. The van der Waals surface area contributed by atoms with Crippen LogP contribution < -0.4 is 5.32 Å². The average molecular weight is 213 g/mol. The molecule has 80 valence electrons. The van der Waals surface area contributed by atoms with Crippen LogP contribution in [0.3, 0.4) is 0 Å². The largest absolute Gasteiger partial charge is 0.379 e. The Balaban J connectivity index is 2.33. The molecule has 0 bridgehead atoms. The lowest BCUT2D eigenvalue weighted by Gasteiger charge is -2.15. The third-order valence-electron chi connectivity index (χ3n) is 2.09. The molecule has 0 aromatic carbocycles. The van der Waals surface area contributed by atoms with Gasteiger partial charge in [-0.25, -0.2) is 0 Å². The number of rotatable bonds is 6. The molecular formula is C11H19NOS. The molecule has 0 radical (unpaired) electrons. The number of ether oxygens (including phenoxy) is 1. The third-order valence-corrected chi connectivity index (χ3v) is 3.08. The van der Waals surface area contributed by atoms with Gasteiger partial charge in [-0.05, 0) is 38.8 Å². The maximum Gasteiger partial charge on any atom is 0.0518 e. The molecular weight excluding hydrogens is 194 g/mol. The number of nitrogens with one attached hydrogen (secondary N) is 1. The van der Waals surface area contributed by atoms with Gasteiger partial charge in [0, 0.05) is 17.5 Å². The summed E-state index contributed by atoms with van der Waals surface area (Å²) >= 11 is 1.80. The Bertz CT molecular complexity index is 233. The Morgan fingerprint density at radius 2 is 2.29 bits per heavy atom. The zero-order chi connectivity index (χ0) is 10.4. The second-order valence-electron chi connectivity index (χ2n) is 3.56. The standard InChI is InChI=1S/C11H19NOS/c1-9(2)13-7-6-10(12-3)11-5-4-8-14-11/h4-5,8-10,12H,6-7H2,1-3H3. The second-order valence-corrected chi connectivity index (χ2v) is 4.54. The molecule has 1 rings (SSSR count). The zero-order valence-electron chi connectivity index (χ0n) is 9.12. The summed E-state index contributed by atoms with van der Waals surface area (Å²) in [7, 11) is 2.00. The minimum Gasteiger partial charge on any atom is -0.379 e. The predicted octanol–water partition coefficient (Wildman–Crippen LogP) is 2.82. The van der Waals surface area contributed by atoms with Crippen LogP contribution in [-0.2, 0) is 4.74 Å². The van der Waals surface area contributed by atoms with Crippen molar-refractivity contribution in [3.8, 4) is 0 Å². The van der Waals surface area contributed by atoms with E-state index in [1.165, 1.54) is 4.88 Å². The van der Waals surface area contributed by atoms with Crippen LogP contribution in [0.5, 0.6) is 0 Å². The van der Waals surface area contributed by atoms with Gasteiger partial charge < -0.3 is 10.1 Å². The van der Waals surface area contributed by atoms with E-state index >= 15 is 0 Å². The highest BCUT2D eigenvalue weighted by atomic mass is 32.1. The van der Waals surface area contributed by atoms with Crippen molar-refractivity contribution in [2.75, 3.05) is 13.7 Å². The monoisotopic (exact) mass is 213 g/mol. The van der Waals surface area contributed by atoms with Gasteiger partial charge in [0.2, 0.25) is 0 Å². The fourth-order valence-electron chi connectivity index (χ4n) is 1.34. The highest BCUT2D eigenvalue weighted by Crippen LogP contribution is 2.21. The molecule has 0 amide bonds. The molecule has 0 fully saturated rings. The minimum atomic E-state index is 0.329. The van der Waals surface area contributed by atoms with Crippen LogP contribution >= 0.6 is 11.3 Å². The van der Waals surface area contributed by atoms with E-state index in [1.54, 1.807) is 11.3 Å². The van der Waals surface area contributed by atoms with Crippen molar-refractivity contribution in [1.82, 2.24) is 5.32 Å². The summed E-state index contributed by atoms with van der Waals surface area (Å²) < 4.78 is 5.54. The molecule has 14 heavy (non-hydrogen) atoms. The first-order valence-electron chi connectivity index (χ1n) is 5.06. The molecule has 0 saturated heterocycles. The molecule has 1 heterocycles. The van der Waals surface area contributed by atoms with Crippen molar-refractivity contribution in [1.29, 1.82) is 0 Å². The highest BCUT2D eigenvalue weighted by Gasteiger charge is 2.09. The highest BCUT2D eigenvalue weighted by molar-refractivity contribution is 7.10. The minimum absolute atomic E-state index is 0.329. The second kappa shape index (κ2) is 6.17. The Morgan fingerprint density at radius 1 is 1.50 bits per heavy atom. The van der Waals surface area contributed by atoms with Crippen LogP contribution in [-0.4, -0.2) is 19.8 Å². The van der Waals surface area contributed by atoms with E-state index in [0.29, 0.717) is 12.1 Å². The fourth-order valence-corrected chi connectivity index (χ4v) is 2.21. The van der Waals surface area contributed by atoms with Gasteiger partial charge in [-0.1, -0.05) is 6.07 Å². The fraction of sp³-hybridized carbons (Fsp3) is 0.636. The lowest BCUT2D eigenvalue weighted by molar-refractivity contribution is 0.0721. The van der Waals surface area contributed by atoms with E-state index in [4.69, 9.17) is 4.74 Å². The molecule has 1 unspecified atom stereocenters. The Hall–Kier alpha value is -0.380. The molecule has 0 saturated carbocycles. The van der Waals surface area contributed by atoms with Gasteiger partial charge >= 0.3 is 0 Å². The molecule has 1 aromatic rings. The first kappa shape index (κ1) is 11.7. The number of hydrogen-bond donors (Lipinski definition) is 1. The van der Waals surface area contributed by atoms with Gasteiger partial charge in [-0.2, -0.15) is 0 Å². The topological polar surface area (TPSA) is 21.3 Å². The third kappa shape index (κ3) is 3.78. The maximum atomic E-state index is 5.54. The normalized spacial score (nSPS) is 13.4. The van der Waals surface area contributed by atoms with Crippen molar-refractivity contribution < 1.29 is 4.74 Å². The van der Waals surface area contributed by atoms with Crippen molar-refractivity contribution in [3.05, 3.63) is 22.4 Å². The maximum absolute atomic E-state index is 5.54. The van der Waals surface area contributed by atoms with E-state index in [-0.39, 0.29) is 0 Å². The summed E-state index contributed by atoms with van der Waals surface area (Å²) in [5.41, 5.74) is 0. The average Bonchev–Trinajstić information content (AvgIpc) is 2.64. The number of thiophene rings is 1. The van der Waals surface area contributed by atoms with Crippen LogP contribution in [0.15, 0.2) is 17.5 Å². The number of hydrogen-bond acceptors (Lipinski definition) is 3. The molecule has 1 N–H and O–H groups in total. The lowest BCUT2D eigenvalue weighted by atomic mass is 10.2. The Morgan fingerprint density at radius 3 is 2.79 bits per heavy atom. The van der Waals surface area contributed by atoms with E-state index in [0.717, 1.165) is 13.0 Å². The van der Waals surface area contributed by atoms with Crippen molar-refractivity contribution >= 4 is 11.3 Å². The van der Waals surface area contributed by atoms with Crippen LogP contribution in [0.25, 0.3) is 0 Å². The molecule has 0 aliphatic heterocycles.